The van der Waals surface area contributed by atoms with Crippen LogP contribution in [0.1, 0.15) is 56.4 Å². The van der Waals surface area contributed by atoms with Crippen molar-refractivity contribution in [2.75, 3.05) is 13.7 Å². The van der Waals surface area contributed by atoms with E-state index in [2.05, 4.69) is 12.1 Å². The maximum Gasteiger partial charge on any atom is 0.514 e. The molecule has 40 heavy (non-hydrogen) atoms. The molecule has 1 aliphatic heterocycles. The molecule has 0 amide bonds. The van der Waals surface area contributed by atoms with Gasteiger partial charge in [-0.25, -0.2) is 4.79 Å². The number of aryl methyl sites for hydroxylation is 1. The molecule has 3 aromatic rings. The minimum atomic E-state index is -0.962. The summed E-state index contributed by atoms with van der Waals surface area (Å²) in [7, 11) is 1.39. The number of carbonyl (C=O) groups is 2. The SMILES string of the molecule is CCC1(CC(=O)OC)CCC(C)(c2ccc(-c3onc(C)c3COC(=O)Oc3ccc([N+](=O)[O-])cc3)cc2)CO1. The lowest BCUT2D eigenvalue weighted by atomic mass is 9.72. The summed E-state index contributed by atoms with van der Waals surface area (Å²) in [6.45, 7) is 6.26. The normalized spacial score (nSPS) is 20.5. The van der Waals surface area contributed by atoms with E-state index in [1.807, 2.05) is 31.2 Å². The summed E-state index contributed by atoms with van der Waals surface area (Å²) < 4.78 is 27.1. The number of nitro benzene ring substituents is 1. The number of nitro groups is 1. The smallest absolute Gasteiger partial charge is 0.469 e. The molecule has 2 heterocycles. The number of nitrogens with zero attached hydrogens (tertiary/aromatic N) is 2. The van der Waals surface area contributed by atoms with Gasteiger partial charge in [-0.15, -0.1) is 0 Å². The van der Waals surface area contributed by atoms with E-state index in [1.165, 1.54) is 31.4 Å². The summed E-state index contributed by atoms with van der Waals surface area (Å²) in [5.74, 6) is 0.326. The zero-order valence-corrected chi connectivity index (χ0v) is 22.9. The Kier molecular flexibility index (Phi) is 8.53. The Morgan fingerprint density at radius 3 is 2.38 bits per heavy atom. The van der Waals surface area contributed by atoms with Gasteiger partial charge in [-0.1, -0.05) is 43.3 Å². The molecule has 2 unspecified atom stereocenters. The first-order valence-electron chi connectivity index (χ1n) is 12.9. The molecule has 11 heteroatoms. The Labute approximate surface area is 231 Å². The van der Waals surface area contributed by atoms with Crippen LogP contribution in [0.5, 0.6) is 5.75 Å². The fourth-order valence-electron chi connectivity index (χ4n) is 4.77. The Balaban J connectivity index is 1.40. The molecule has 4 rings (SSSR count). The average molecular weight is 553 g/mol. The van der Waals surface area contributed by atoms with E-state index >= 15 is 0 Å². The molecule has 11 nitrogen and oxygen atoms in total. The van der Waals surface area contributed by atoms with Gasteiger partial charge >= 0.3 is 12.1 Å². The maximum absolute atomic E-state index is 12.2. The van der Waals surface area contributed by atoms with Crippen molar-refractivity contribution in [1.29, 1.82) is 0 Å². The summed E-state index contributed by atoms with van der Waals surface area (Å²) in [5, 5.41) is 14.8. The first-order chi connectivity index (χ1) is 19.1. The molecule has 2 aromatic carbocycles. The highest BCUT2D eigenvalue weighted by Gasteiger charge is 2.42. The van der Waals surface area contributed by atoms with Crippen LogP contribution in [-0.4, -0.2) is 41.5 Å². The Morgan fingerprint density at radius 2 is 1.80 bits per heavy atom. The number of benzene rings is 2. The van der Waals surface area contributed by atoms with Gasteiger partial charge in [0, 0.05) is 23.1 Å². The second kappa shape index (κ2) is 11.9. The number of hydrogen-bond donors (Lipinski definition) is 0. The van der Waals surface area contributed by atoms with Crippen molar-refractivity contribution < 1.29 is 38.0 Å². The van der Waals surface area contributed by atoms with Crippen molar-refractivity contribution in [2.45, 2.75) is 64.1 Å². The number of aromatic nitrogens is 1. The summed E-state index contributed by atoms with van der Waals surface area (Å²) in [5.41, 5.74) is 2.18. The van der Waals surface area contributed by atoms with E-state index in [0.29, 0.717) is 23.6 Å². The number of hydrogen-bond acceptors (Lipinski definition) is 10. The molecular weight excluding hydrogens is 520 g/mol. The highest BCUT2D eigenvalue weighted by atomic mass is 16.7. The molecule has 0 N–H and O–H groups in total. The summed E-state index contributed by atoms with van der Waals surface area (Å²) in [4.78, 5) is 34.4. The number of ether oxygens (including phenoxy) is 4. The van der Waals surface area contributed by atoms with E-state index in [4.69, 9.17) is 23.5 Å². The number of esters is 1. The van der Waals surface area contributed by atoms with Crippen molar-refractivity contribution >= 4 is 17.8 Å². The van der Waals surface area contributed by atoms with Gasteiger partial charge in [0.05, 0.1) is 41.9 Å². The van der Waals surface area contributed by atoms with E-state index < -0.39 is 16.7 Å². The number of methoxy groups -OCH3 is 1. The summed E-state index contributed by atoms with van der Waals surface area (Å²) in [6.07, 6.45) is 1.61. The van der Waals surface area contributed by atoms with Crippen LogP contribution in [0.15, 0.2) is 53.1 Å². The summed E-state index contributed by atoms with van der Waals surface area (Å²) in [6, 6.07) is 13.0. The molecule has 212 valence electrons. The van der Waals surface area contributed by atoms with Crippen LogP contribution >= 0.6 is 0 Å². The van der Waals surface area contributed by atoms with Gasteiger partial charge in [0.2, 0.25) is 0 Å². The van der Waals surface area contributed by atoms with Crippen molar-refractivity contribution in [3.05, 3.63) is 75.5 Å². The minimum absolute atomic E-state index is 0.117. The van der Waals surface area contributed by atoms with Gasteiger partial charge in [-0.2, -0.15) is 0 Å². The lowest BCUT2D eigenvalue weighted by molar-refractivity contribution is -0.384. The molecule has 0 spiro atoms. The second-order valence-electron chi connectivity index (χ2n) is 10.2. The molecule has 1 saturated heterocycles. The fraction of sp³-hybridized carbons (Fsp3) is 0.414. The number of carbonyl (C=O) groups excluding carboxylic acids is 2. The first kappa shape index (κ1) is 28.8. The number of non-ortho nitro benzene ring substituents is 1. The van der Waals surface area contributed by atoms with Crippen LogP contribution in [-0.2, 0) is 31.0 Å². The molecule has 0 aliphatic carbocycles. The molecule has 2 atom stereocenters. The van der Waals surface area contributed by atoms with Crippen molar-refractivity contribution in [1.82, 2.24) is 5.16 Å². The van der Waals surface area contributed by atoms with Crippen LogP contribution < -0.4 is 4.74 Å². The monoisotopic (exact) mass is 552 g/mol. The molecule has 0 radical (unpaired) electrons. The third-order valence-corrected chi connectivity index (χ3v) is 7.58. The van der Waals surface area contributed by atoms with Gasteiger partial charge in [-0.05, 0) is 43.9 Å². The quantitative estimate of drug-likeness (QED) is 0.133. The van der Waals surface area contributed by atoms with Gasteiger partial charge in [0.1, 0.15) is 12.4 Å². The Bertz CT molecular complexity index is 1360. The largest absolute Gasteiger partial charge is 0.514 e. The zero-order valence-electron chi connectivity index (χ0n) is 22.9. The molecule has 0 saturated carbocycles. The molecular formula is C29H32N2O9. The van der Waals surface area contributed by atoms with Crippen LogP contribution in [0.4, 0.5) is 10.5 Å². The lowest BCUT2D eigenvalue weighted by Gasteiger charge is -2.44. The Morgan fingerprint density at radius 1 is 1.10 bits per heavy atom. The third kappa shape index (κ3) is 6.31. The average Bonchev–Trinajstić information content (AvgIpc) is 3.33. The highest BCUT2D eigenvalue weighted by molar-refractivity contribution is 5.70. The molecule has 1 fully saturated rings. The van der Waals surface area contributed by atoms with E-state index in [9.17, 15) is 19.7 Å². The van der Waals surface area contributed by atoms with Crippen molar-refractivity contribution in [2.24, 2.45) is 0 Å². The zero-order chi connectivity index (χ0) is 28.9. The predicted molar refractivity (Wildman–Crippen MR) is 143 cm³/mol. The standard InChI is InChI=1S/C29H32N2O9/c1-5-29(16-25(32)36-4)15-14-28(3,18-38-29)21-8-6-20(7-9-21)26-24(19(2)30-40-26)17-37-27(33)39-23-12-10-22(11-13-23)31(34)35/h6-13H,5,14-18H2,1-4H3. The molecule has 1 aliphatic rings. The molecule has 0 bridgehead atoms. The van der Waals surface area contributed by atoms with Crippen molar-refractivity contribution in [3.8, 4) is 17.1 Å². The van der Waals surface area contributed by atoms with Gasteiger partial charge < -0.3 is 23.5 Å². The molecule has 1 aromatic heterocycles. The highest BCUT2D eigenvalue weighted by Crippen LogP contribution is 2.42. The lowest BCUT2D eigenvalue weighted by Crippen LogP contribution is -2.46. The van der Waals surface area contributed by atoms with Crippen LogP contribution in [0.3, 0.4) is 0 Å². The first-order valence-corrected chi connectivity index (χ1v) is 12.9. The predicted octanol–water partition coefficient (Wildman–Crippen LogP) is 6.05. The van der Waals surface area contributed by atoms with Gasteiger partial charge in [0.15, 0.2) is 5.76 Å². The second-order valence-corrected chi connectivity index (χ2v) is 10.2. The van der Waals surface area contributed by atoms with Crippen LogP contribution in [0, 0.1) is 17.0 Å². The topological polar surface area (TPSA) is 140 Å². The Hall–Kier alpha value is -4.25. The number of rotatable bonds is 9. The summed E-state index contributed by atoms with van der Waals surface area (Å²) >= 11 is 0. The maximum atomic E-state index is 12.2. The minimum Gasteiger partial charge on any atom is -0.469 e. The van der Waals surface area contributed by atoms with Gasteiger partial charge in [0.25, 0.3) is 5.69 Å². The third-order valence-electron chi connectivity index (χ3n) is 7.58. The fourth-order valence-corrected chi connectivity index (χ4v) is 4.77. The van der Waals surface area contributed by atoms with Gasteiger partial charge in [-0.3, -0.25) is 14.9 Å². The van der Waals surface area contributed by atoms with E-state index in [1.54, 1.807) is 6.92 Å². The van der Waals surface area contributed by atoms with Crippen LogP contribution in [0.2, 0.25) is 0 Å². The van der Waals surface area contributed by atoms with E-state index in [0.717, 1.165) is 30.4 Å². The van der Waals surface area contributed by atoms with Crippen LogP contribution in [0.25, 0.3) is 11.3 Å². The van der Waals surface area contributed by atoms with Crippen molar-refractivity contribution in [3.63, 3.8) is 0 Å². The van der Waals surface area contributed by atoms with E-state index in [-0.39, 0.29) is 35.8 Å².